The van der Waals surface area contributed by atoms with Crippen LogP contribution in [0, 0.1) is 0 Å². The first kappa shape index (κ1) is 21.8. The predicted octanol–water partition coefficient (Wildman–Crippen LogP) is 4.95. The van der Waals surface area contributed by atoms with Crippen molar-refractivity contribution in [1.29, 1.82) is 0 Å². The Kier molecular flexibility index (Phi) is 6.12. The van der Waals surface area contributed by atoms with Crippen molar-refractivity contribution in [2.75, 3.05) is 6.61 Å². The third-order valence-electron chi connectivity index (χ3n) is 5.15. The van der Waals surface area contributed by atoms with E-state index in [-0.39, 0.29) is 10.3 Å². The molecule has 4 rings (SSSR count). The maximum atomic E-state index is 13.4. The molecule has 32 heavy (non-hydrogen) atoms. The summed E-state index contributed by atoms with van der Waals surface area (Å²) in [4.78, 5) is 13.4. The first-order valence-corrected chi connectivity index (χ1v) is 11.9. The number of hydrogen-bond acceptors (Lipinski definition) is 5. The molecule has 0 aliphatic rings. The summed E-state index contributed by atoms with van der Waals surface area (Å²) >= 11 is 0. The van der Waals surface area contributed by atoms with Gasteiger partial charge in [-0.05, 0) is 60.5 Å². The number of primary sulfonamides is 1. The molecule has 0 atom stereocenters. The van der Waals surface area contributed by atoms with Crippen molar-refractivity contribution in [3.8, 4) is 28.2 Å². The second-order valence-electron chi connectivity index (χ2n) is 7.43. The minimum absolute atomic E-state index is 0.0143. The van der Waals surface area contributed by atoms with Crippen LogP contribution in [0.3, 0.4) is 0 Å². The average molecular weight is 450 g/mol. The van der Waals surface area contributed by atoms with E-state index in [0.29, 0.717) is 40.0 Å². The highest BCUT2D eigenvalue weighted by Crippen LogP contribution is 2.33. The molecule has 0 spiro atoms. The van der Waals surface area contributed by atoms with Crippen LogP contribution < -0.4 is 15.3 Å². The Labute approximate surface area is 186 Å². The lowest BCUT2D eigenvalue weighted by atomic mass is 9.98. The average Bonchev–Trinajstić information content (AvgIpc) is 2.79. The van der Waals surface area contributed by atoms with E-state index >= 15 is 0 Å². The van der Waals surface area contributed by atoms with Gasteiger partial charge in [0, 0.05) is 5.56 Å². The lowest BCUT2D eigenvalue weighted by Gasteiger charge is -2.12. The molecule has 1 aromatic heterocycles. The lowest BCUT2D eigenvalue weighted by molar-refractivity contribution is 0.309. The molecule has 2 N–H and O–H groups in total. The van der Waals surface area contributed by atoms with Gasteiger partial charge in [0.05, 0.1) is 22.5 Å². The summed E-state index contributed by atoms with van der Waals surface area (Å²) in [5.41, 5.74) is 1.92. The molecule has 0 saturated carbocycles. The van der Waals surface area contributed by atoms with Crippen molar-refractivity contribution < 1.29 is 17.6 Å². The van der Waals surface area contributed by atoms with Crippen LogP contribution in [0.2, 0.25) is 0 Å². The third kappa shape index (κ3) is 4.44. The van der Waals surface area contributed by atoms with Crippen LogP contribution in [0.5, 0.6) is 5.75 Å². The zero-order valence-electron chi connectivity index (χ0n) is 17.6. The topological polar surface area (TPSA) is 99.6 Å². The van der Waals surface area contributed by atoms with Crippen molar-refractivity contribution in [2.24, 2.45) is 5.14 Å². The predicted molar refractivity (Wildman–Crippen MR) is 125 cm³/mol. The number of sulfonamides is 1. The van der Waals surface area contributed by atoms with E-state index in [2.05, 4.69) is 6.92 Å². The maximum absolute atomic E-state index is 13.4. The number of rotatable bonds is 7. The monoisotopic (exact) mass is 449 g/mol. The van der Waals surface area contributed by atoms with Crippen LogP contribution in [0.25, 0.3) is 33.4 Å². The van der Waals surface area contributed by atoms with Crippen LogP contribution in [0.4, 0.5) is 0 Å². The molecule has 0 radical (unpaired) electrons. The molecule has 0 aliphatic carbocycles. The van der Waals surface area contributed by atoms with Crippen LogP contribution in [0.1, 0.15) is 19.8 Å². The SMILES string of the molecule is CCCCOc1ccc(-c2c(-c3ccc(S(N)(=O)=O)cc3)oc3ccccc3c2=O)cc1. The Morgan fingerprint density at radius 1 is 0.906 bits per heavy atom. The zero-order valence-corrected chi connectivity index (χ0v) is 18.4. The van der Waals surface area contributed by atoms with Gasteiger partial charge in [-0.25, -0.2) is 13.6 Å². The van der Waals surface area contributed by atoms with Crippen LogP contribution in [-0.2, 0) is 10.0 Å². The van der Waals surface area contributed by atoms with Crippen molar-refractivity contribution in [2.45, 2.75) is 24.7 Å². The van der Waals surface area contributed by atoms with Gasteiger partial charge in [-0.15, -0.1) is 0 Å². The number of nitrogens with two attached hydrogens (primary N) is 1. The molecule has 7 heteroatoms. The standard InChI is InChI=1S/C25H23NO5S/c1-2-3-16-30-19-12-8-17(9-13-19)23-24(27)21-6-4-5-7-22(21)31-25(23)18-10-14-20(15-11-18)32(26,28)29/h4-15H,2-3,16H2,1H3,(H2,26,28,29). The van der Waals surface area contributed by atoms with Gasteiger partial charge < -0.3 is 9.15 Å². The highest BCUT2D eigenvalue weighted by molar-refractivity contribution is 7.89. The highest BCUT2D eigenvalue weighted by atomic mass is 32.2. The molecule has 0 bridgehead atoms. The summed E-state index contributed by atoms with van der Waals surface area (Å²) in [6.07, 6.45) is 2.01. The number of benzene rings is 3. The number of ether oxygens (including phenoxy) is 1. The summed E-state index contributed by atoms with van der Waals surface area (Å²) in [6.45, 7) is 2.73. The summed E-state index contributed by atoms with van der Waals surface area (Å²) in [7, 11) is -3.83. The lowest BCUT2D eigenvalue weighted by Crippen LogP contribution is -2.12. The van der Waals surface area contributed by atoms with E-state index in [0.717, 1.165) is 18.6 Å². The zero-order chi connectivity index (χ0) is 22.7. The Hall–Kier alpha value is -3.42. The molecule has 0 saturated heterocycles. The summed E-state index contributed by atoms with van der Waals surface area (Å²) in [5.74, 6) is 1.08. The molecule has 0 unspecified atom stereocenters. The Morgan fingerprint density at radius 2 is 1.56 bits per heavy atom. The van der Waals surface area contributed by atoms with Crippen LogP contribution in [0.15, 0.2) is 86.9 Å². The Bertz CT molecular complexity index is 1410. The van der Waals surface area contributed by atoms with E-state index < -0.39 is 10.0 Å². The van der Waals surface area contributed by atoms with Gasteiger partial charge in [-0.1, -0.05) is 37.6 Å². The molecule has 4 aromatic rings. The van der Waals surface area contributed by atoms with E-state index in [1.165, 1.54) is 12.1 Å². The fraction of sp³-hybridized carbons (Fsp3) is 0.160. The number of hydrogen-bond donors (Lipinski definition) is 1. The minimum atomic E-state index is -3.83. The van der Waals surface area contributed by atoms with E-state index in [1.54, 1.807) is 36.4 Å². The molecular formula is C25H23NO5S. The van der Waals surface area contributed by atoms with Crippen molar-refractivity contribution in [3.63, 3.8) is 0 Å². The summed E-state index contributed by atoms with van der Waals surface area (Å²) in [5, 5.41) is 5.68. The van der Waals surface area contributed by atoms with Crippen LogP contribution >= 0.6 is 0 Å². The first-order chi connectivity index (χ1) is 15.4. The largest absolute Gasteiger partial charge is 0.494 e. The first-order valence-electron chi connectivity index (χ1n) is 10.3. The maximum Gasteiger partial charge on any atom is 0.238 e. The fourth-order valence-electron chi connectivity index (χ4n) is 3.46. The van der Waals surface area contributed by atoms with Gasteiger partial charge in [0.1, 0.15) is 17.1 Å². The van der Waals surface area contributed by atoms with Crippen molar-refractivity contribution >= 4 is 21.0 Å². The molecule has 164 valence electrons. The van der Waals surface area contributed by atoms with Gasteiger partial charge in [0.2, 0.25) is 15.5 Å². The van der Waals surface area contributed by atoms with E-state index in [1.807, 2.05) is 24.3 Å². The van der Waals surface area contributed by atoms with Gasteiger partial charge in [-0.3, -0.25) is 4.79 Å². The molecule has 3 aromatic carbocycles. The molecule has 1 heterocycles. The molecule has 6 nitrogen and oxygen atoms in total. The molecule has 0 aliphatic heterocycles. The van der Waals surface area contributed by atoms with E-state index in [9.17, 15) is 13.2 Å². The fourth-order valence-corrected chi connectivity index (χ4v) is 3.97. The van der Waals surface area contributed by atoms with Gasteiger partial charge in [0.15, 0.2) is 0 Å². The summed E-state index contributed by atoms with van der Waals surface area (Å²) in [6, 6.07) is 20.3. The quantitative estimate of drug-likeness (QED) is 0.402. The van der Waals surface area contributed by atoms with Gasteiger partial charge in [0.25, 0.3) is 0 Å². The third-order valence-corrected chi connectivity index (χ3v) is 6.08. The van der Waals surface area contributed by atoms with Crippen molar-refractivity contribution in [3.05, 3.63) is 83.0 Å². The summed E-state index contributed by atoms with van der Waals surface area (Å²) < 4.78 is 35.1. The minimum Gasteiger partial charge on any atom is -0.494 e. The molecule has 0 fully saturated rings. The Morgan fingerprint density at radius 3 is 2.22 bits per heavy atom. The number of unbranched alkanes of at least 4 members (excludes halogenated alkanes) is 1. The smallest absolute Gasteiger partial charge is 0.238 e. The highest BCUT2D eigenvalue weighted by Gasteiger charge is 2.18. The van der Waals surface area contributed by atoms with Gasteiger partial charge in [-0.2, -0.15) is 0 Å². The molecule has 0 amide bonds. The second-order valence-corrected chi connectivity index (χ2v) is 8.99. The van der Waals surface area contributed by atoms with Crippen LogP contribution in [-0.4, -0.2) is 15.0 Å². The van der Waals surface area contributed by atoms with Crippen molar-refractivity contribution in [1.82, 2.24) is 0 Å². The van der Waals surface area contributed by atoms with Gasteiger partial charge >= 0.3 is 0 Å². The molecular weight excluding hydrogens is 426 g/mol. The number of fused-ring (bicyclic) bond motifs is 1. The number of para-hydroxylation sites is 1. The van der Waals surface area contributed by atoms with E-state index in [4.69, 9.17) is 14.3 Å². The Balaban J connectivity index is 1.86. The second kappa shape index (κ2) is 8.98. The normalized spacial score (nSPS) is 11.6.